The maximum Gasteiger partial charge on any atom is 0.246 e. The second kappa shape index (κ2) is 4.44. The van der Waals surface area contributed by atoms with Gasteiger partial charge in [-0.25, -0.2) is 0 Å². The van der Waals surface area contributed by atoms with Crippen molar-refractivity contribution in [3.8, 4) is 0 Å². The lowest BCUT2D eigenvalue weighted by molar-refractivity contribution is -0.136. The van der Waals surface area contributed by atoms with Gasteiger partial charge in [-0.3, -0.25) is 4.79 Å². The minimum Gasteiger partial charge on any atom is -0.338 e. The van der Waals surface area contributed by atoms with Gasteiger partial charge in [0.05, 0.1) is 0 Å². The molecule has 2 heterocycles. The van der Waals surface area contributed by atoms with Gasteiger partial charge in [0.15, 0.2) is 0 Å². The van der Waals surface area contributed by atoms with Crippen molar-refractivity contribution in [3.05, 3.63) is 12.7 Å². The molecule has 1 aliphatic heterocycles. The Morgan fingerprint density at radius 2 is 1.88 bits per heavy atom. The molecule has 2 aliphatic rings. The topological polar surface area (TPSA) is 63.1 Å². The molecule has 1 aromatic rings. The minimum absolute atomic E-state index is 0.0805. The van der Waals surface area contributed by atoms with E-state index < -0.39 is 0 Å². The van der Waals surface area contributed by atoms with Gasteiger partial charge in [-0.15, -0.1) is 10.2 Å². The zero-order valence-electron chi connectivity index (χ0n) is 9.75. The van der Waals surface area contributed by atoms with E-state index in [2.05, 4.69) is 15.5 Å². The van der Waals surface area contributed by atoms with E-state index in [4.69, 9.17) is 0 Å². The average Bonchev–Trinajstić information content (AvgIpc) is 3.05. The van der Waals surface area contributed by atoms with Crippen molar-refractivity contribution >= 4 is 5.91 Å². The van der Waals surface area contributed by atoms with Gasteiger partial charge in [-0.05, 0) is 18.8 Å². The number of nitrogens with zero attached hydrogens (tertiary/aromatic N) is 4. The molecule has 1 saturated carbocycles. The normalized spacial score (nSPS) is 22.5. The molecule has 0 bridgehead atoms. The van der Waals surface area contributed by atoms with Crippen molar-refractivity contribution in [2.75, 3.05) is 26.2 Å². The van der Waals surface area contributed by atoms with Gasteiger partial charge in [0.1, 0.15) is 18.7 Å². The summed E-state index contributed by atoms with van der Waals surface area (Å²) >= 11 is 0. The molecule has 0 aromatic carbocycles. The van der Waals surface area contributed by atoms with Crippen LogP contribution in [0, 0.1) is 5.92 Å². The first kappa shape index (κ1) is 10.7. The van der Waals surface area contributed by atoms with Crippen LogP contribution in [0.5, 0.6) is 0 Å². The fourth-order valence-electron chi connectivity index (χ4n) is 2.41. The van der Waals surface area contributed by atoms with Crippen LogP contribution >= 0.6 is 0 Å². The quantitative estimate of drug-likeness (QED) is 0.778. The summed E-state index contributed by atoms with van der Waals surface area (Å²) < 4.78 is 1.86. The molecule has 0 radical (unpaired) electrons. The highest BCUT2D eigenvalue weighted by Crippen LogP contribution is 2.40. The first-order valence-corrected chi connectivity index (χ1v) is 6.20. The van der Waals surface area contributed by atoms with E-state index in [0.29, 0.717) is 5.92 Å². The molecule has 6 heteroatoms. The van der Waals surface area contributed by atoms with Gasteiger partial charge in [0.2, 0.25) is 5.91 Å². The Morgan fingerprint density at radius 1 is 1.24 bits per heavy atom. The minimum atomic E-state index is -0.0805. The van der Waals surface area contributed by atoms with Crippen LogP contribution in [0.4, 0.5) is 0 Å². The molecule has 92 valence electrons. The van der Waals surface area contributed by atoms with E-state index in [1.807, 2.05) is 9.47 Å². The van der Waals surface area contributed by atoms with Gasteiger partial charge >= 0.3 is 0 Å². The van der Waals surface area contributed by atoms with Crippen molar-refractivity contribution in [1.29, 1.82) is 0 Å². The molecule has 2 fully saturated rings. The first-order chi connectivity index (χ1) is 8.36. The maximum atomic E-state index is 12.5. The molecular weight excluding hydrogens is 218 g/mol. The van der Waals surface area contributed by atoms with Crippen LogP contribution in [-0.2, 0) is 4.79 Å². The molecule has 6 nitrogen and oxygen atoms in total. The van der Waals surface area contributed by atoms with Crippen LogP contribution in [0.2, 0.25) is 0 Å². The number of nitrogens with one attached hydrogen (secondary N) is 1. The van der Waals surface area contributed by atoms with Crippen molar-refractivity contribution < 1.29 is 4.79 Å². The van der Waals surface area contributed by atoms with Gasteiger partial charge in [-0.2, -0.15) is 0 Å². The summed E-state index contributed by atoms with van der Waals surface area (Å²) in [4.78, 5) is 14.5. The zero-order chi connectivity index (χ0) is 11.7. The van der Waals surface area contributed by atoms with Crippen molar-refractivity contribution in [2.24, 2.45) is 5.92 Å². The maximum absolute atomic E-state index is 12.5. The smallest absolute Gasteiger partial charge is 0.246 e. The van der Waals surface area contributed by atoms with Gasteiger partial charge in [-0.1, -0.05) is 0 Å². The summed E-state index contributed by atoms with van der Waals surface area (Å²) in [6, 6.07) is -0.0805. The Balaban J connectivity index is 1.76. The Hall–Kier alpha value is -1.43. The monoisotopic (exact) mass is 235 g/mol. The summed E-state index contributed by atoms with van der Waals surface area (Å²) in [7, 11) is 0. The SMILES string of the molecule is O=C(C(C1CC1)n1cnnc1)N1CCNCC1. The molecule has 1 amide bonds. The summed E-state index contributed by atoms with van der Waals surface area (Å²) in [6.07, 6.45) is 5.59. The number of carbonyl (C=O) groups is 1. The third kappa shape index (κ3) is 2.17. The largest absolute Gasteiger partial charge is 0.338 e. The molecule has 1 aromatic heterocycles. The first-order valence-electron chi connectivity index (χ1n) is 6.20. The van der Waals surface area contributed by atoms with Gasteiger partial charge < -0.3 is 14.8 Å². The number of amides is 1. The van der Waals surface area contributed by atoms with Crippen LogP contribution in [0.1, 0.15) is 18.9 Å². The average molecular weight is 235 g/mol. The Kier molecular flexibility index (Phi) is 2.80. The molecule has 3 rings (SSSR count). The number of hydrogen-bond donors (Lipinski definition) is 1. The fourth-order valence-corrected chi connectivity index (χ4v) is 2.41. The van der Waals surface area contributed by atoms with E-state index in [0.717, 1.165) is 39.0 Å². The summed E-state index contributed by atoms with van der Waals surface area (Å²) in [5.74, 6) is 0.710. The highest BCUT2D eigenvalue weighted by molar-refractivity contribution is 5.81. The summed E-state index contributed by atoms with van der Waals surface area (Å²) in [5, 5.41) is 10.9. The zero-order valence-corrected chi connectivity index (χ0v) is 9.75. The van der Waals surface area contributed by atoms with E-state index in [1.54, 1.807) is 12.7 Å². The molecule has 17 heavy (non-hydrogen) atoms. The molecule has 1 N–H and O–H groups in total. The van der Waals surface area contributed by atoms with Crippen LogP contribution < -0.4 is 5.32 Å². The molecule has 0 spiro atoms. The van der Waals surface area contributed by atoms with Crippen molar-refractivity contribution in [2.45, 2.75) is 18.9 Å². The van der Waals surface area contributed by atoms with E-state index in [9.17, 15) is 4.79 Å². The third-order valence-corrected chi connectivity index (χ3v) is 3.51. The summed E-state index contributed by atoms with van der Waals surface area (Å²) in [5.41, 5.74) is 0. The Labute approximate surface area is 100 Å². The highest BCUT2D eigenvalue weighted by atomic mass is 16.2. The van der Waals surface area contributed by atoms with Crippen LogP contribution in [0.3, 0.4) is 0 Å². The van der Waals surface area contributed by atoms with E-state index in [1.165, 1.54) is 0 Å². The number of aromatic nitrogens is 3. The fraction of sp³-hybridized carbons (Fsp3) is 0.727. The van der Waals surface area contributed by atoms with Crippen LogP contribution in [0.25, 0.3) is 0 Å². The van der Waals surface area contributed by atoms with Crippen molar-refractivity contribution in [1.82, 2.24) is 25.0 Å². The van der Waals surface area contributed by atoms with Crippen molar-refractivity contribution in [3.63, 3.8) is 0 Å². The number of hydrogen-bond acceptors (Lipinski definition) is 4. The highest BCUT2D eigenvalue weighted by Gasteiger charge is 2.39. The molecule has 1 saturated heterocycles. The number of rotatable bonds is 3. The van der Waals surface area contributed by atoms with Crippen LogP contribution in [0.15, 0.2) is 12.7 Å². The molecule has 1 aliphatic carbocycles. The lowest BCUT2D eigenvalue weighted by Crippen LogP contribution is -2.49. The van der Waals surface area contributed by atoms with E-state index in [-0.39, 0.29) is 11.9 Å². The predicted octanol–water partition coefficient (Wildman–Crippen LogP) is -0.339. The Bertz CT molecular complexity index is 381. The van der Waals surface area contributed by atoms with E-state index >= 15 is 0 Å². The van der Waals surface area contributed by atoms with Gasteiger partial charge in [0.25, 0.3) is 0 Å². The summed E-state index contributed by atoms with van der Waals surface area (Å²) in [6.45, 7) is 3.41. The standard InChI is InChI=1S/C11H17N5O/c17-11(15-5-3-12-4-6-15)10(9-1-2-9)16-7-13-14-8-16/h7-10,12H,1-6H2. The predicted molar refractivity (Wildman–Crippen MR) is 61.2 cm³/mol. The molecule has 1 atom stereocenters. The Morgan fingerprint density at radius 3 is 2.47 bits per heavy atom. The second-order valence-corrected chi connectivity index (χ2v) is 4.77. The second-order valence-electron chi connectivity index (χ2n) is 4.77. The third-order valence-electron chi connectivity index (χ3n) is 3.51. The lowest BCUT2D eigenvalue weighted by Gasteiger charge is -2.31. The number of piperazine rings is 1. The number of carbonyl (C=O) groups excluding carboxylic acids is 1. The lowest BCUT2D eigenvalue weighted by atomic mass is 10.1. The van der Waals surface area contributed by atoms with Gasteiger partial charge in [0, 0.05) is 26.2 Å². The molecule has 1 unspecified atom stereocenters. The molecular formula is C11H17N5O. The van der Waals surface area contributed by atoms with Crippen LogP contribution in [-0.4, -0.2) is 51.8 Å².